The fourth-order valence-electron chi connectivity index (χ4n) is 2.26. The molecule has 0 bridgehead atoms. The van der Waals surface area contributed by atoms with Gasteiger partial charge >= 0.3 is 0 Å². The summed E-state index contributed by atoms with van der Waals surface area (Å²) in [5.41, 5.74) is 2.36. The topological polar surface area (TPSA) is 21.1 Å². The molecule has 0 amide bonds. The van der Waals surface area contributed by atoms with Gasteiger partial charge in [0.05, 0.1) is 15.9 Å². The van der Waals surface area contributed by atoms with Gasteiger partial charge in [-0.3, -0.25) is 9.58 Å². The molecule has 1 saturated heterocycles. The van der Waals surface area contributed by atoms with Gasteiger partial charge in [0.25, 0.3) is 0 Å². The summed E-state index contributed by atoms with van der Waals surface area (Å²) >= 11 is 5.73. The average molecular weight is 318 g/mol. The molecule has 0 radical (unpaired) electrons. The Labute approximate surface area is 116 Å². The average Bonchev–Trinajstić information content (AvgIpc) is 2.51. The number of rotatable bonds is 2. The summed E-state index contributed by atoms with van der Waals surface area (Å²) in [6.07, 6.45) is 0. The van der Waals surface area contributed by atoms with Gasteiger partial charge in [-0.05, 0) is 29.8 Å². The van der Waals surface area contributed by atoms with Gasteiger partial charge in [0.15, 0.2) is 0 Å². The molecule has 17 heavy (non-hydrogen) atoms. The van der Waals surface area contributed by atoms with E-state index in [-0.39, 0.29) is 0 Å². The van der Waals surface area contributed by atoms with Crippen LogP contribution in [0.25, 0.3) is 0 Å². The predicted molar refractivity (Wildman–Crippen MR) is 77.4 cm³/mol. The Bertz CT molecular complexity index is 405. The van der Waals surface area contributed by atoms with E-state index >= 15 is 0 Å². The van der Waals surface area contributed by atoms with Gasteiger partial charge in [-0.2, -0.15) is 16.9 Å². The van der Waals surface area contributed by atoms with Gasteiger partial charge in [-0.25, -0.2) is 0 Å². The molecule has 5 heteroatoms. The maximum Gasteiger partial charge on any atom is 0.0739 e. The van der Waals surface area contributed by atoms with E-state index < -0.39 is 0 Å². The van der Waals surface area contributed by atoms with Crippen molar-refractivity contribution in [1.82, 2.24) is 14.7 Å². The lowest BCUT2D eigenvalue weighted by atomic mass is 10.2. The third-order valence-corrected chi connectivity index (χ3v) is 6.00. The van der Waals surface area contributed by atoms with Crippen LogP contribution in [0.4, 0.5) is 0 Å². The van der Waals surface area contributed by atoms with E-state index in [4.69, 9.17) is 0 Å². The van der Waals surface area contributed by atoms with Crippen molar-refractivity contribution < 1.29 is 0 Å². The quantitative estimate of drug-likeness (QED) is 0.837. The van der Waals surface area contributed by atoms with Crippen LogP contribution in [-0.2, 0) is 13.6 Å². The highest BCUT2D eigenvalue weighted by atomic mass is 79.9. The second kappa shape index (κ2) is 5.33. The lowest BCUT2D eigenvalue weighted by Gasteiger charge is -2.37. The normalized spacial score (nSPS) is 26.4. The van der Waals surface area contributed by atoms with Gasteiger partial charge in [0, 0.05) is 37.2 Å². The van der Waals surface area contributed by atoms with E-state index in [1.807, 2.05) is 18.7 Å². The number of hydrogen-bond donors (Lipinski definition) is 0. The van der Waals surface area contributed by atoms with Crippen LogP contribution in [0.3, 0.4) is 0 Å². The summed E-state index contributed by atoms with van der Waals surface area (Å²) < 4.78 is 3.16. The van der Waals surface area contributed by atoms with E-state index in [1.165, 1.54) is 18.0 Å². The van der Waals surface area contributed by atoms with E-state index in [0.29, 0.717) is 6.04 Å². The molecule has 96 valence electrons. The van der Waals surface area contributed by atoms with Crippen LogP contribution in [0.2, 0.25) is 0 Å². The molecule has 2 atom stereocenters. The van der Waals surface area contributed by atoms with Crippen molar-refractivity contribution in [3.8, 4) is 0 Å². The van der Waals surface area contributed by atoms with Crippen molar-refractivity contribution >= 4 is 27.7 Å². The minimum Gasteiger partial charge on any atom is -0.293 e. The summed E-state index contributed by atoms with van der Waals surface area (Å²) in [5.74, 6) is 1.24. The second-order valence-corrected chi connectivity index (χ2v) is 7.03. The lowest BCUT2D eigenvalue weighted by Crippen LogP contribution is -2.44. The van der Waals surface area contributed by atoms with E-state index in [1.54, 1.807) is 0 Å². The van der Waals surface area contributed by atoms with Crippen LogP contribution >= 0.6 is 27.7 Å². The predicted octanol–water partition coefficient (Wildman–Crippen LogP) is 2.82. The first-order valence-corrected chi connectivity index (χ1v) is 7.88. The Balaban J connectivity index is 2.14. The molecular weight excluding hydrogens is 298 g/mol. The lowest BCUT2D eigenvalue weighted by molar-refractivity contribution is 0.199. The fourth-order valence-corrected chi connectivity index (χ4v) is 3.89. The first kappa shape index (κ1) is 13.4. The first-order chi connectivity index (χ1) is 8.00. The standard InChI is InChI=1S/C12H20BrN3S/c1-8-12(13)11(15(4)14-8)7-16-5-6-17-10(3)9(16)2/h9-10H,5-7H2,1-4H3. The number of aryl methyl sites for hydroxylation is 2. The van der Waals surface area contributed by atoms with Crippen LogP contribution in [0, 0.1) is 6.92 Å². The molecule has 1 fully saturated rings. The molecule has 0 aliphatic carbocycles. The molecule has 2 rings (SSSR count). The Morgan fingerprint density at radius 2 is 2.18 bits per heavy atom. The SMILES string of the molecule is Cc1nn(C)c(CN2CCSC(C)C2C)c1Br. The van der Waals surface area contributed by atoms with E-state index in [2.05, 4.69) is 51.5 Å². The van der Waals surface area contributed by atoms with Crippen molar-refractivity contribution in [3.63, 3.8) is 0 Å². The highest BCUT2D eigenvalue weighted by Crippen LogP contribution is 2.28. The number of nitrogens with zero attached hydrogens (tertiary/aromatic N) is 3. The molecule has 2 unspecified atom stereocenters. The minimum absolute atomic E-state index is 0.635. The summed E-state index contributed by atoms with van der Waals surface area (Å²) in [6, 6.07) is 0.635. The molecule has 1 aromatic heterocycles. The highest BCUT2D eigenvalue weighted by Gasteiger charge is 2.26. The second-order valence-electron chi connectivity index (χ2n) is 4.76. The first-order valence-electron chi connectivity index (χ1n) is 6.04. The Hall–Kier alpha value is -0.000000000000000111. The number of hydrogen-bond acceptors (Lipinski definition) is 3. The molecule has 1 aliphatic heterocycles. The van der Waals surface area contributed by atoms with Crippen LogP contribution in [0.1, 0.15) is 25.2 Å². The van der Waals surface area contributed by atoms with Gasteiger partial charge in [0.1, 0.15) is 0 Å². The van der Waals surface area contributed by atoms with Gasteiger partial charge < -0.3 is 0 Å². The minimum atomic E-state index is 0.635. The van der Waals surface area contributed by atoms with Crippen molar-refractivity contribution in [2.24, 2.45) is 7.05 Å². The fraction of sp³-hybridized carbons (Fsp3) is 0.750. The zero-order valence-electron chi connectivity index (χ0n) is 10.9. The summed E-state index contributed by atoms with van der Waals surface area (Å²) in [6.45, 7) is 8.86. The smallest absolute Gasteiger partial charge is 0.0739 e. The van der Waals surface area contributed by atoms with Gasteiger partial charge in [-0.15, -0.1) is 0 Å². The molecule has 0 saturated carbocycles. The molecule has 0 spiro atoms. The Morgan fingerprint density at radius 1 is 1.47 bits per heavy atom. The largest absolute Gasteiger partial charge is 0.293 e. The Kier molecular flexibility index (Phi) is 4.21. The zero-order chi connectivity index (χ0) is 12.6. The van der Waals surface area contributed by atoms with Gasteiger partial charge in [-0.1, -0.05) is 6.92 Å². The van der Waals surface area contributed by atoms with E-state index in [0.717, 1.165) is 22.0 Å². The Morgan fingerprint density at radius 3 is 2.76 bits per heavy atom. The molecule has 1 aromatic rings. The molecule has 0 N–H and O–H groups in total. The van der Waals surface area contributed by atoms with Crippen molar-refractivity contribution in [2.45, 2.75) is 38.6 Å². The van der Waals surface area contributed by atoms with Crippen LogP contribution in [0.5, 0.6) is 0 Å². The third-order valence-electron chi connectivity index (χ3n) is 3.63. The maximum atomic E-state index is 4.46. The number of thioether (sulfide) groups is 1. The summed E-state index contributed by atoms with van der Waals surface area (Å²) in [7, 11) is 2.03. The highest BCUT2D eigenvalue weighted by molar-refractivity contribution is 9.10. The molecular formula is C12H20BrN3S. The molecule has 1 aliphatic rings. The summed E-state index contributed by atoms with van der Waals surface area (Å²) in [4.78, 5) is 2.56. The monoisotopic (exact) mass is 317 g/mol. The zero-order valence-corrected chi connectivity index (χ0v) is 13.3. The molecule has 2 heterocycles. The number of aromatic nitrogens is 2. The third kappa shape index (κ3) is 2.71. The van der Waals surface area contributed by atoms with Crippen molar-refractivity contribution in [1.29, 1.82) is 0 Å². The van der Waals surface area contributed by atoms with Crippen molar-refractivity contribution in [3.05, 3.63) is 15.9 Å². The van der Waals surface area contributed by atoms with Crippen molar-refractivity contribution in [2.75, 3.05) is 12.3 Å². The molecule has 3 nitrogen and oxygen atoms in total. The van der Waals surface area contributed by atoms with E-state index in [9.17, 15) is 0 Å². The van der Waals surface area contributed by atoms with Gasteiger partial charge in [0.2, 0.25) is 0 Å². The van der Waals surface area contributed by atoms with Crippen LogP contribution < -0.4 is 0 Å². The summed E-state index contributed by atoms with van der Waals surface area (Å²) in [5, 5.41) is 5.18. The maximum absolute atomic E-state index is 4.46. The van der Waals surface area contributed by atoms with Crippen LogP contribution in [0.15, 0.2) is 4.47 Å². The molecule has 0 aromatic carbocycles. The van der Waals surface area contributed by atoms with Crippen LogP contribution in [-0.4, -0.2) is 38.3 Å². The number of halogens is 1.